The number of aliphatic hydroxyl groups is 1. The van der Waals surface area contributed by atoms with Crippen LogP contribution in [-0.4, -0.2) is 42.3 Å². The molecule has 0 saturated carbocycles. The standard InChI is InChI=1S/C6H15ClNO.ClH/c1-5(9)6(7)8(2,3)4;/h5-6,9H,1-4H3;1H/q+1;/p-1. The van der Waals surface area contributed by atoms with E-state index >= 15 is 0 Å². The molecule has 10 heavy (non-hydrogen) atoms. The summed E-state index contributed by atoms with van der Waals surface area (Å²) in [6.45, 7) is 1.70. The summed E-state index contributed by atoms with van der Waals surface area (Å²) in [5.41, 5.74) is -0.218. The normalized spacial score (nSPS) is 17.4. The fourth-order valence-electron chi connectivity index (χ4n) is 0.647. The number of rotatable bonds is 2. The number of quaternary nitrogens is 1. The average molecular weight is 188 g/mol. The van der Waals surface area contributed by atoms with Crippen molar-refractivity contribution in [2.75, 3.05) is 21.1 Å². The van der Waals surface area contributed by atoms with E-state index in [0.29, 0.717) is 4.48 Å². The van der Waals surface area contributed by atoms with Gasteiger partial charge in [0.25, 0.3) is 0 Å². The summed E-state index contributed by atoms with van der Waals surface area (Å²) in [4.78, 5) is 0. The molecule has 0 saturated heterocycles. The molecular formula is C6H15Cl2NO. The van der Waals surface area contributed by atoms with Gasteiger partial charge in [0.15, 0.2) is 5.50 Å². The highest BCUT2D eigenvalue weighted by Crippen LogP contribution is 2.11. The lowest BCUT2D eigenvalue weighted by Gasteiger charge is -2.31. The maximum Gasteiger partial charge on any atom is 0.190 e. The molecule has 2 atom stereocenters. The molecule has 0 aliphatic rings. The van der Waals surface area contributed by atoms with Crippen molar-refractivity contribution in [2.24, 2.45) is 0 Å². The lowest BCUT2D eigenvalue weighted by molar-refractivity contribution is -0.885. The first kappa shape index (κ1) is 13.1. The lowest BCUT2D eigenvalue weighted by atomic mass is 10.3. The van der Waals surface area contributed by atoms with Gasteiger partial charge in [-0.05, 0) is 6.92 Å². The molecule has 0 aromatic rings. The molecule has 0 aliphatic heterocycles. The minimum atomic E-state index is -0.452. The van der Waals surface area contributed by atoms with Crippen molar-refractivity contribution in [1.29, 1.82) is 0 Å². The molecule has 0 radical (unpaired) electrons. The number of nitrogens with zero attached hydrogens (tertiary/aromatic N) is 1. The van der Waals surface area contributed by atoms with E-state index in [1.54, 1.807) is 6.92 Å². The molecule has 2 unspecified atom stereocenters. The van der Waals surface area contributed by atoms with E-state index in [2.05, 4.69) is 0 Å². The highest BCUT2D eigenvalue weighted by atomic mass is 35.5. The molecule has 0 amide bonds. The van der Waals surface area contributed by atoms with Gasteiger partial charge in [-0.25, -0.2) is 0 Å². The zero-order chi connectivity index (χ0) is 7.65. The van der Waals surface area contributed by atoms with Crippen molar-refractivity contribution in [3.63, 3.8) is 0 Å². The van der Waals surface area contributed by atoms with Crippen LogP contribution in [0.4, 0.5) is 0 Å². The van der Waals surface area contributed by atoms with Gasteiger partial charge in [-0.2, -0.15) is 0 Å². The zero-order valence-electron chi connectivity index (χ0n) is 6.81. The first-order valence-electron chi connectivity index (χ1n) is 2.99. The Hall–Kier alpha value is 0.500. The van der Waals surface area contributed by atoms with Gasteiger partial charge >= 0.3 is 0 Å². The van der Waals surface area contributed by atoms with Crippen LogP contribution in [0.5, 0.6) is 0 Å². The Kier molecular flexibility index (Phi) is 5.76. The number of hydrogen-bond acceptors (Lipinski definition) is 1. The largest absolute Gasteiger partial charge is 1.00 e. The van der Waals surface area contributed by atoms with Crippen molar-refractivity contribution < 1.29 is 22.0 Å². The van der Waals surface area contributed by atoms with Gasteiger partial charge in [0, 0.05) is 0 Å². The molecular weight excluding hydrogens is 173 g/mol. The highest BCUT2D eigenvalue weighted by Gasteiger charge is 2.25. The molecule has 0 heterocycles. The molecule has 64 valence electrons. The van der Waals surface area contributed by atoms with Gasteiger partial charge in [0.2, 0.25) is 0 Å². The smallest absolute Gasteiger partial charge is 0.190 e. The topological polar surface area (TPSA) is 20.2 Å². The van der Waals surface area contributed by atoms with E-state index in [0.717, 1.165) is 0 Å². The second kappa shape index (κ2) is 4.39. The van der Waals surface area contributed by atoms with E-state index in [1.807, 2.05) is 21.1 Å². The number of halogens is 2. The second-order valence-corrected chi connectivity index (χ2v) is 3.68. The van der Waals surface area contributed by atoms with Crippen molar-refractivity contribution in [3.05, 3.63) is 0 Å². The van der Waals surface area contributed by atoms with Crippen LogP contribution < -0.4 is 12.4 Å². The van der Waals surface area contributed by atoms with E-state index in [9.17, 15) is 0 Å². The van der Waals surface area contributed by atoms with Gasteiger partial charge in [0.1, 0.15) is 6.10 Å². The molecule has 0 fully saturated rings. The van der Waals surface area contributed by atoms with Crippen molar-refractivity contribution >= 4 is 11.6 Å². The zero-order valence-corrected chi connectivity index (χ0v) is 8.32. The van der Waals surface area contributed by atoms with Crippen LogP contribution in [0.2, 0.25) is 0 Å². The van der Waals surface area contributed by atoms with Crippen LogP contribution in [-0.2, 0) is 0 Å². The maximum atomic E-state index is 9.01. The lowest BCUT2D eigenvalue weighted by Crippen LogP contribution is -3.00. The van der Waals surface area contributed by atoms with Crippen molar-refractivity contribution in [1.82, 2.24) is 0 Å². The minimum Gasteiger partial charge on any atom is -1.00 e. The fraction of sp³-hybridized carbons (Fsp3) is 1.00. The summed E-state index contributed by atoms with van der Waals surface area (Å²) in [5.74, 6) is 0. The van der Waals surface area contributed by atoms with Crippen LogP contribution in [0, 0.1) is 0 Å². The van der Waals surface area contributed by atoms with Gasteiger partial charge in [-0.3, -0.25) is 0 Å². The van der Waals surface area contributed by atoms with Crippen LogP contribution in [0.25, 0.3) is 0 Å². The highest BCUT2D eigenvalue weighted by molar-refractivity contribution is 6.19. The van der Waals surface area contributed by atoms with Gasteiger partial charge < -0.3 is 22.0 Å². The minimum absolute atomic E-state index is 0. The van der Waals surface area contributed by atoms with E-state index < -0.39 is 6.10 Å². The van der Waals surface area contributed by atoms with Crippen molar-refractivity contribution in [3.8, 4) is 0 Å². The Morgan fingerprint density at radius 3 is 1.60 bits per heavy atom. The Morgan fingerprint density at radius 2 is 1.60 bits per heavy atom. The van der Waals surface area contributed by atoms with Gasteiger partial charge in [0.05, 0.1) is 21.1 Å². The molecule has 0 bridgehead atoms. The quantitative estimate of drug-likeness (QED) is 0.292. The summed E-state index contributed by atoms with van der Waals surface area (Å²) in [6, 6.07) is 0. The van der Waals surface area contributed by atoms with Gasteiger partial charge in [-0.1, -0.05) is 11.6 Å². The van der Waals surface area contributed by atoms with E-state index in [1.165, 1.54) is 0 Å². The van der Waals surface area contributed by atoms with Crippen molar-refractivity contribution in [2.45, 2.75) is 18.5 Å². The fourth-order valence-corrected chi connectivity index (χ4v) is 0.647. The predicted octanol–water partition coefficient (Wildman–Crippen LogP) is -2.36. The number of hydrogen-bond donors (Lipinski definition) is 1. The molecule has 0 aromatic carbocycles. The predicted molar refractivity (Wildman–Crippen MR) is 39.4 cm³/mol. The Balaban J connectivity index is 0. The number of likely N-dealkylation sites (N-methyl/N-ethyl adjacent to an activating group) is 1. The molecule has 0 aromatic heterocycles. The van der Waals surface area contributed by atoms with Crippen LogP contribution in [0.15, 0.2) is 0 Å². The van der Waals surface area contributed by atoms with Crippen LogP contribution in [0.3, 0.4) is 0 Å². The number of alkyl halides is 1. The molecule has 1 N–H and O–H groups in total. The summed E-state index contributed by atoms with van der Waals surface area (Å²) in [6.07, 6.45) is -0.452. The van der Waals surface area contributed by atoms with E-state index in [4.69, 9.17) is 16.7 Å². The summed E-state index contributed by atoms with van der Waals surface area (Å²) in [7, 11) is 5.85. The summed E-state index contributed by atoms with van der Waals surface area (Å²) >= 11 is 5.81. The Morgan fingerprint density at radius 1 is 1.30 bits per heavy atom. The summed E-state index contributed by atoms with van der Waals surface area (Å²) < 4.78 is 0.583. The summed E-state index contributed by atoms with van der Waals surface area (Å²) in [5, 5.41) is 9.01. The first-order chi connectivity index (χ1) is 3.85. The number of aliphatic hydroxyl groups excluding tert-OH is 1. The third-order valence-electron chi connectivity index (χ3n) is 1.14. The van der Waals surface area contributed by atoms with Crippen LogP contribution >= 0.6 is 11.6 Å². The monoisotopic (exact) mass is 187 g/mol. The molecule has 0 aliphatic carbocycles. The molecule has 4 heteroatoms. The molecule has 2 nitrogen and oxygen atoms in total. The Labute approximate surface area is 73.8 Å². The average Bonchev–Trinajstić information content (AvgIpc) is 1.62. The van der Waals surface area contributed by atoms with Gasteiger partial charge in [-0.15, -0.1) is 0 Å². The second-order valence-electron chi connectivity index (χ2n) is 3.23. The molecule has 0 spiro atoms. The molecule has 0 rings (SSSR count). The van der Waals surface area contributed by atoms with E-state index in [-0.39, 0.29) is 17.9 Å². The third-order valence-corrected chi connectivity index (χ3v) is 2.09. The first-order valence-corrected chi connectivity index (χ1v) is 3.42. The Bertz CT molecular complexity index is 90.2. The third kappa shape index (κ3) is 4.34. The SMILES string of the molecule is CC(O)C(Cl)[N+](C)(C)C.[Cl-]. The van der Waals surface area contributed by atoms with Crippen LogP contribution in [0.1, 0.15) is 6.92 Å². The maximum absolute atomic E-state index is 9.01.